The van der Waals surface area contributed by atoms with E-state index in [9.17, 15) is 18.4 Å². The zero-order chi connectivity index (χ0) is 22.7. The molecule has 1 heterocycles. The van der Waals surface area contributed by atoms with Crippen LogP contribution in [0.25, 0.3) is 0 Å². The molecule has 0 bridgehead atoms. The lowest BCUT2D eigenvalue weighted by molar-refractivity contribution is -0.163. The maximum Gasteiger partial charge on any atom is 0.410 e. The lowest BCUT2D eigenvalue weighted by Crippen LogP contribution is -2.50. The van der Waals surface area contributed by atoms with Crippen LogP contribution in [0.2, 0.25) is 0 Å². The highest BCUT2D eigenvalue weighted by molar-refractivity contribution is 5.84. The van der Waals surface area contributed by atoms with Crippen molar-refractivity contribution in [2.45, 2.75) is 84.7 Å². The first-order chi connectivity index (χ1) is 13.8. The summed E-state index contributed by atoms with van der Waals surface area (Å²) in [4.78, 5) is 32.0. The molecule has 7 nitrogen and oxygen atoms in total. The summed E-state index contributed by atoms with van der Waals surface area (Å²) in [5.41, 5.74) is 4.54. The molecule has 2 fully saturated rings. The van der Waals surface area contributed by atoms with Gasteiger partial charge in [0.25, 0.3) is 0 Å². The summed E-state index contributed by atoms with van der Waals surface area (Å²) in [7, 11) is 0. The van der Waals surface area contributed by atoms with Crippen LogP contribution in [-0.2, 0) is 14.4 Å². The summed E-state index contributed by atoms with van der Waals surface area (Å²) in [6.45, 7) is 10.0. The van der Waals surface area contributed by atoms with Crippen LogP contribution in [0.15, 0.2) is 5.16 Å². The number of rotatable bonds is 4. The highest BCUT2D eigenvalue weighted by Crippen LogP contribution is 2.41. The van der Waals surface area contributed by atoms with Gasteiger partial charge in [-0.25, -0.2) is 18.4 Å². The first-order valence-electron chi connectivity index (χ1n) is 10.7. The number of alkyl halides is 2. The van der Waals surface area contributed by atoms with Gasteiger partial charge in [0.1, 0.15) is 11.4 Å². The molecule has 30 heavy (non-hydrogen) atoms. The van der Waals surface area contributed by atoms with Gasteiger partial charge >= 0.3 is 12.1 Å². The normalized spacial score (nSPS) is 22.7. The van der Waals surface area contributed by atoms with Gasteiger partial charge in [-0.1, -0.05) is 19.0 Å². The average Bonchev–Trinajstić information content (AvgIpc) is 2.64. The summed E-state index contributed by atoms with van der Waals surface area (Å²) < 4.78 is 32.0. The number of carbonyl (C=O) groups excluding carboxylic acids is 2. The Morgan fingerprint density at radius 3 is 2.10 bits per heavy atom. The van der Waals surface area contributed by atoms with Crippen LogP contribution >= 0.6 is 0 Å². The Bertz CT molecular complexity index is 656. The van der Waals surface area contributed by atoms with Gasteiger partial charge in [-0.3, -0.25) is 0 Å². The van der Waals surface area contributed by atoms with E-state index in [0.29, 0.717) is 25.9 Å². The third-order valence-electron chi connectivity index (χ3n) is 6.19. The zero-order valence-corrected chi connectivity index (χ0v) is 18.7. The Hall–Kier alpha value is -1.93. The summed E-state index contributed by atoms with van der Waals surface area (Å²) >= 11 is 0. The van der Waals surface area contributed by atoms with Crippen LogP contribution in [-0.4, -0.2) is 47.4 Å². The molecule has 0 unspecified atom stereocenters. The van der Waals surface area contributed by atoms with Gasteiger partial charge in [0.15, 0.2) is 0 Å². The summed E-state index contributed by atoms with van der Waals surface area (Å²) in [5.74, 6) is -3.40. The molecule has 2 N–H and O–H groups in total. The molecule has 0 radical (unpaired) electrons. The number of carbonyl (C=O) groups is 2. The minimum absolute atomic E-state index is 0.0319. The molecule has 2 rings (SSSR count). The van der Waals surface area contributed by atoms with Crippen molar-refractivity contribution in [2.75, 3.05) is 13.1 Å². The molecule has 0 aromatic heterocycles. The number of oxime groups is 1. The van der Waals surface area contributed by atoms with Gasteiger partial charge in [-0.15, -0.1) is 0 Å². The summed E-state index contributed by atoms with van der Waals surface area (Å²) in [6, 6.07) is 0. The second kappa shape index (κ2) is 9.06. The molecule has 0 spiro atoms. The van der Waals surface area contributed by atoms with Crippen LogP contribution in [0.1, 0.15) is 73.1 Å². The predicted molar refractivity (Wildman–Crippen MR) is 109 cm³/mol. The van der Waals surface area contributed by atoms with Gasteiger partial charge < -0.3 is 20.2 Å². The number of halogens is 2. The van der Waals surface area contributed by atoms with Gasteiger partial charge in [0.2, 0.25) is 5.92 Å². The van der Waals surface area contributed by atoms with Crippen LogP contribution in [0.5, 0.6) is 0 Å². The minimum atomic E-state index is -2.66. The van der Waals surface area contributed by atoms with Crippen molar-refractivity contribution in [2.24, 2.45) is 28.1 Å². The zero-order valence-electron chi connectivity index (χ0n) is 18.7. The van der Waals surface area contributed by atoms with Crippen molar-refractivity contribution in [3.05, 3.63) is 0 Å². The SMILES string of the molecule is CC(C)C1(C(=O)O/N=C(\N)C2CCC(F)(F)CC2)CCN(C(=O)OC(C)(C)C)CC1. The summed E-state index contributed by atoms with van der Waals surface area (Å²) in [5, 5.41) is 3.80. The highest BCUT2D eigenvalue weighted by Gasteiger charge is 2.47. The molecular weight excluding hydrogens is 396 g/mol. The Balaban J connectivity index is 1.98. The fraction of sp³-hybridized carbons (Fsp3) is 0.857. The molecule has 1 saturated carbocycles. The van der Waals surface area contributed by atoms with E-state index in [1.807, 2.05) is 13.8 Å². The third-order valence-corrected chi connectivity index (χ3v) is 6.19. The van der Waals surface area contributed by atoms with Gasteiger partial charge in [-0.2, -0.15) is 0 Å². The summed E-state index contributed by atoms with van der Waals surface area (Å²) in [6.07, 6.45) is 0.419. The molecule has 9 heteroatoms. The molecular formula is C21H35F2N3O4. The molecule has 1 amide bonds. The number of amides is 1. The van der Waals surface area contributed by atoms with Crippen molar-refractivity contribution in [1.82, 2.24) is 4.90 Å². The van der Waals surface area contributed by atoms with E-state index >= 15 is 0 Å². The van der Waals surface area contributed by atoms with E-state index in [4.69, 9.17) is 15.3 Å². The molecule has 0 atom stereocenters. The number of piperidine rings is 1. The Morgan fingerprint density at radius 1 is 1.10 bits per heavy atom. The van der Waals surface area contributed by atoms with Crippen LogP contribution < -0.4 is 5.73 Å². The quantitative estimate of drug-likeness (QED) is 0.310. The topological polar surface area (TPSA) is 94.2 Å². The minimum Gasteiger partial charge on any atom is -0.444 e. The second-order valence-electron chi connectivity index (χ2n) is 9.80. The lowest BCUT2D eigenvalue weighted by Gasteiger charge is -2.42. The van der Waals surface area contributed by atoms with Crippen LogP contribution in [0.3, 0.4) is 0 Å². The van der Waals surface area contributed by atoms with Crippen molar-refractivity contribution >= 4 is 17.9 Å². The molecule has 1 aliphatic heterocycles. The number of hydrogen-bond acceptors (Lipinski definition) is 5. The number of likely N-dealkylation sites (tertiary alicyclic amines) is 1. The number of nitrogens with two attached hydrogens (primary N) is 1. The second-order valence-corrected chi connectivity index (χ2v) is 9.80. The van der Waals surface area contributed by atoms with E-state index < -0.39 is 29.0 Å². The third kappa shape index (κ3) is 6.04. The van der Waals surface area contributed by atoms with Gasteiger partial charge in [-0.05, 0) is 52.4 Å². The number of ether oxygens (including phenoxy) is 1. The Kier molecular flexibility index (Phi) is 7.35. The number of hydrogen-bond donors (Lipinski definition) is 1. The maximum atomic E-state index is 13.3. The molecule has 0 aromatic rings. The van der Waals surface area contributed by atoms with E-state index in [0.717, 1.165) is 0 Å². The standard InChI is InChI=1S/C21H35F2N3O4/c1-14(2)20(10-12-26(13-11-20)18(28)29-19(3,4)5)17(27)30-25-16(24)15-6-8-21(22,23)9-7-15/h14-15H,6-13H2,1-5H3,(H2,24,25). The van der Waals surface area contributed by atoms with E-state index in [2.05, 4.69) is 5.16 Å². The van der Waals surface area contributed by atoms with E-state index in [1.54, 1.807) is 25.7 Å². The Labute approximate surface area is 177 Å². The van der Waals surface area contributed by atoms with Crippen LogP contribution in [0.4, 0.5) is 13.6 Å². The predicted octanol–water partition coefficient (Wildman–Crippen LogP) is 4.30. The largest absolute Gasteiger partial charge is 0.444 e. The van der Waals surface area contributed by atoms with Crippen molar-refractivity contribution < 1.29 is 27.9 Å². The molecule has 1 aliphatic carbocycles. The van der Waals surface area contributed by atoms with E-state index in [-0.39, 0.29) is 43.4 Å². The van der Waals surface area contributed by atoms with Crippen molar-refractivity contribution in [1.29, 1.82) is 0 Å². The molecule has 172 valence electrons. The molecule has 0 aromatic carbocycles. The average molecular weight is 432 g/mol. The molecule has 2 aliphatic rings. The van der Waals surface area contributed by atoms with Gasteiger partial charge in [0, 0.05) is 31.8 Å². The van der Waals surface area contributed by atoms with Crippen molar-refractivity contribution in [3.63, 3.8) is 0 Å². The monoisotopic (exact) mass is 431 g/mol. The Morgan fingerprint density at radius 2 is 1.63 bits per heavy atom. The van der Waals surface area contributed by atoms with Crippen molar-refractivity contribution in [3.8, 4) is 0 Å². The lowest BCUT2D eigenvalue weighted by atomic mass is 9.70. The smallest absolute Gasteiger partial charge is 0.410 e. The first kappa shape index (κ1) is 24.3. The maximum absolute atomic E-state index is 13.3. The fourth-order valence-electron chi connectivity index (χ4n) is 4.03. The first-order valence-corrected chi connectivity index (χ1v) is 10.7. The van der Waals surface area contributed by atoms with E-state index in [1.165, 1.54) is 0 Å². The van der Waals surface area contributed by atoms with Crippen LogP contribution in [0, 0.1) is 17.3 Å². The number of nitrogens with zero attached hydrogens (tertiary/aromatic N) is 2. The molecule has 1 saturated heterocycles. The number of amidine groups is 1. The fourth-order valence-corrected chi connectivity index (χ4v) is 4.03. The highest BCUT2D eigenvalue weighted by atomic mass is 19.3. The van der Waals surface area contributed by atoms with Gasteiger partial charge in [0.05, 0.1) is 5.41 Å².